The summed E-state index contributed by atoms with van der Waals surface area (Å²) in [5, 5.41) is 2.40. The van der Waals surface area contributed by atoms with Crippen LogP contribution in [-0.2, 0) is 4.79 Å². The molecule has 0 saturated carbocycles. The van der Waals surface area contributed by atoms with E-state index in [4.69, 9.17) is 11.6 Å². The standard InChI is InChI=1S/C5H10ClNO/c1-5(2,7-3)4(6)8/h7H,1-3H3. The van der Waals surface area contributed by atoms with Crippen molar-refractivity contribution < 1.29 is 4.79 Å². The summed E-state index contributed by atoms with van der Waals surface area (Å²) in [5.74, 6) is 0. The van der Waals surface area contributed by atoms with Gasteiger partial charge < -0.3 is 5.32 Å². The van der Waals surface area contributed by atoms with Crippen molar-refractivity contribution in [1.82, 2.24) is 5.32 Å². The van der Waals surface area contributed by atoms with E-state index in [9.17, 15) is 4.79 Å². The third-order valence-corrected chi connectivity index (χ3v) is 1.59. The summed E-state index contributed by atoms with van der Waals surface area (Å²) in [6.07, 6.45) is 0. The number of rotatable bonds is 2. The highest BCUT2D eigenvalue weighted by atomic mass is 35.5. The zero-order valence-corrected chi connectivity index (χ0v) is 6.04. The fourth-order valence-electron chi connectivity index (χ4n) is 0.0983. The zero-order chi connectivity index (χ0) is 6.78. The molecule has 0 atom stereocenters. The third-order valence-electron chi connectivity index (χ3n) is 1.12. The Hall–Kier alpha value is -0.0800. The SMILES string of the molecule is CNC(C)(C)C(=O)Cl. The zero-order valence-electron chi connectivity index (χ0n) is 5.29. The van der Waals surface area contributed by atoms with E-state index in [2.05, 4.69) is 5.32 Å². The molecule has 8 heavy (non-hydrogen) atoms. The molecule has 0 bridgehead atoms. The van der Waals surface area contributed by atoms with Gasteiger partial charge in [-0.05, 0) is 32.5 Å². The lowest BCUT2D eigenvalue weighted by Gasteiger charge is -2.17. The van der Waals surface area contributed by atoms with Gasteiger partial charge in [-0.2, -0.15) is 0 Å². The molecule has 0 heterocycles. The van der Waals surface area contributed by atoms with Gasteiger partial charge >= 0.3 is 0 Å². The Bertz CT molecular complexity index is 101. The maximum absolute atomic E-state index is 10.4. The number of likely N-dealkylation sites (N-methyl/N-ethyl adjacent to an activating group) is 1. The van der Waals surface area contributed by atoms with Crippen LogP contribution in [0.2, 0.25) is 0 Å². The predicted octanol–water partition coefficient (Wildman–Crippen LogP) is 0.750. The molecule has 0 spiro atoms. The summed E-state index contributed by atoms with van der Waals surface area (Å²) in [7, 11) is 1.69. The second-order valence-electron chi connectivity index (χ2n) is 2.15. The van der Waals surface area contributed by atoms with E-state index >= 15 is 0 Å². The number of hydrogen-bond acceptors (Lipinski definition) is 2. The Balaban J connectivity index is 3.91. The molecule has 0 aromatic heterocycles. The number of nitrogens with one attached hydrogen (secondary N) is 1. The summed E-state index contributed by atoms with van der Waals surface area (Å²) in [4.78, 5) is 10.4. The van der Waals surface area contributed by atoms with Gasteiger partial charge in [-0.25, -0.2) is 0 Å². The number of carbonyl (C=O) groups excluding carboxylic acids is 1. The molecule has 0 amide bonds. The van der Waals surface area contributed by atoms with Crippen LogP contribution in [0.1, 0.15) is 13.8 Å². The summed E-state index contributed by atoms with van der Waals surface area (Å²) in [5.41, 5.74) is -0.582. The minimum absolute atomic E-state index is 0.361. The highest BCUT2D eigenvalue weighted by Crippen LogP contribution is 2.04. The van der Waals surface area contributed by atoms with Crippen molar-refractivity contribution in [3.05, 3.63) is 0 Å². The number of hydrogen-bond donors (Lipinski definition) is 1. The normalized spacial score (nSPS) is 11.5. The van der Waals surface area contributed by atoms with Crippen LogP contribution in [0.3, 0.4) is 0 Å². The van der Waals surface area contributed by atoms with Crippen molar-refractivity contribution in [2.24, 2.45) is 0 Å². The summed E-state index contributed by atoms with van der Waals surface area (Å²) in [6.45, 7) is 3.45. The first-order valence-electron chi connectivity index (χ1n) is 2.39. The van der Waals surface area contributed by atoms with Gasteiger partial charge in [0.15, 0.2) is 0 Å². The largest absolute Gasteiger partial charge is 0.307 e. The van der Waals surface area contributed by atoms with Gasteiger partial charge in [0.25, 0.3) is 0 Å². The molecule has 0 aliphatic heterocycles. The Morgan fingerprint density at radius 3 is 2.00 bits per heavy atom. The van der Waals surface area contributed by atoms with E-state index in [-0.39, 0.29) is 5.24 Å². The van der Waals surface area contributed by atoms with E-state index in [1.54, 1.807) is 20.9 Å². The first-order chi connectivity index (χ1) is 3.50. The molecular formula is C5H10ClNO. The smallest absolute Gasteiger partial charge is 0.241 e. The van der Waals surface area contributed by atoms with Crippen LogP contribution in [-0.4, -0.2) is 17.8 Å². The molecule has 1 N–H and O–H groups in total. The van der Waals surface area contributed by atoms with Crippen LogP contribution < -0.4 is 5.32 Å². The molecule has 0 radical (unpaired) electrons. The monoisotopic (exact) mass is 135 g/mol. The average Bonchev–Trinajstić information content (AvgIpc) is 1.67. The lowest BCUT2D eigenvalue weighted by atomic mass is 10.1. The molecule has 0 aliphatic carbocycles. The highest BCUT2D eigenvalue weighted by Gasteiger charge is 2.22. The van der Waals surface area contributed by atoms with Gasteiger partial charge in [0, 0.05) is 0 Å². The van der Waals surface area contributed by atoms with Gasteiger partial charge in [-0.3, -0.25) is 4.79 Å². The van der Waals surface area contributed by atoms with Crippen molar-refractivity contribution in [2.75, 3.05) is 7.05 Å². The van der Waals surface area contributed by atoms with E-state index in [0.29, 0.717) is 0 Å². The molecule has 3 heteroatoms. The van der Waals surface area contributed by atoms with Gasteiger partial charge in [-0.1, -0.05) is 0 Å². The lowest BCUT2D eigenvalue weighted by molar-refractivity contribution is -0.116. The van der Waals surface area contributed by atoms with Gasteiger partial charge in [0.05, 0.1) is 5.54 Å². The second kappa shape index (κ2) is 2.46. The van der Waals surface area contributed by atoms with Gasteiger partial charge in [0.1, 0.15) is 0 Å². The summed E-state index contributed by atoms with van der Waals surface area (Å²) >= 11 is 5.17. The summed E-state index contributed by atoms with van der Waals surface area (Å²) < 4.78 is 0. The second-order valence-corrected chi connectivity index (χ2v) is 2.49. The summed E-state index contributed by atoms with van der Waals surface area (Å²) in [6, 6.07) is 0. The minimum Gasteiger partial charge on any atom is -0.307 e. The topological polar surface area (TPSA) is 29.1 Å². The van der Waals surface area contributed by atoms with Crippen LogP contribution in [0.4, 0.5) is 0 Å². The van der Waals surface area contributed by atoms with E-state index in [0.717, 1.165) is 0 Å². The van der Waals surface area contributed by atoms with Crippen molar-refractivity contribution in [3.8, 4) is 0 Å². The van der Waals surface area contributed by atoms with E-state index in [1.165, 1.54) is 0 Å². The van der Waals surface area contributed by atoms with Crippen LogP contribution in [0.15, 0.2) is 0 Å². The van der Waals surface area contributed by atoms with E-state index in [1.807, 2.05) is 0 Å². The molecule has 0 aliphatic rings. The fraction of sp³-hybridized carbons (Fsp3) is 0.800. The molecular weight excluding hydrogens is 126 g/mol. The van der Waals surface area contributed by atoms with Crippen molar-refractivity contribution in [2.45, 2.75) is 19.4 Å². The first-order valence-corrected chi connectivity index (χ1v) is 2.77. The van der Waals surface area contributed by atoms with Gasteiger partial charge in [0.2, 0.25) is 5.24 Å². The molecule has 0 aromatic carbocycles. The molecule has 0 fully saturated rings. The average molecular weight is 136 g/mol. The van der Waals surface area contributed by atoms with Crippen LogP contribution in [0, 0.1) is 0 Å². The predicted molar refractivity (Wildman–Crippen MR) is 34.0 cm³/mol. The van der Waals surface area contributed by atoms with Crippen molar-refractivity contribution in [1.29, 1.82) is 0 Å². The van der Waals surface area contributed by atoms with Crippen LogP contribution in [0.5, 0.6) is 0 Å². The Kier molecular flexibility index (Phi) is 2.44. The molecule has 0 unspecified atom stereocenters. The molecule has 0 aromatic rings. The molecule has 2 nitrogen and oxygen atoms in total. The van der Waals surface area contributed by atoms with Crippen molar-refractivity contribution in [3.63, 3.8) is 0 Å². The Morgan fingerprint density at radius 1 is 1.62 bits per heavy atom. The lowest BCUT2D eigenvalue weighted by Crippen LogP contribution is -2.41. The number of carbonyl (C=O) groups is 1. The number of halogens is 1. The maximum Gasteiger partial charge on any atom is 0.241 e. The molecule has 0 rings (SSSR count). The maximum atomic E-state index is 10.4. The van der Waals surface area contributed by atoms with Crippen LogP contribution in [0.25, 0.3) is 0 Å². The van der Waals surface area contributed by atoms with Gasteiger partial charge in [-0.15, -0.1) is 0 Å². The first kappa shape index (κ1) is 7.92. The van der Waals surface area contributed by atoms with Crippen LogP contribution >= 0.6 is 11.6 Å². The van der Waals surface area contributed by atoms with E-state index < -0.39 is 5.54 Å². The Morgan fingerprint density at radius 2 is 2.00 bits per heavy atom. The highest BCUT2D eigenvalue weighted by molar-refractivity contribution is 6.65. The third kappa shape index (κ3) is 1.80. The minimum atomic E-state index is -0.582. The Labute approximate surface area is 54.2 Å². The van der Waals surface area contributed by atoms with Crippen molar-refractivity contribution >= 4 is 16.8 Å². The molecule has 0 saturated heterocycles. The molecule has 48 valence electrons. The quantitative estimate of drug-likeness (QED) is 0.567. The fourth-order valence-corrected chi connectivity index (χ4v) is 0.193.